The molecular weight excluding hydrogens is 320 g/mol. The molecule has 2 heteroatoms. The van der Waals surface area contributed by atoms with Crippen molar-refractivity contribution >= 4 is 6.47 Å². The van der Waals surface area contributed by atoms with E-state index in [2.05, 4.69) is 13.2 Å². The number of ether oxygens (including phenoxy) is 1. The van der Waals surface area contributed by atoms with E-state index >= 15 is 0 Å². The monoisotopic (exact) mass is 364 g/mol. The van der Waals surface area contributed by atoms with Crippen LogP contribution in [0.4, 0.5) is 0 Å². The van der Waals surface area contributed by atoms with Crippen LogP contribution in [0, 0.1) is 0 Å². The van der Waals surface area contributed by atoms with Crippen molar-refractivity contribution in [2.24, 2.45) is 0 Å². The summed E-state index contributed by atoms with van der Waals surface area (Å²) in [7, 11) is 0. The summed E-state index contributed by atoms with van der Waals surface area (Å²) >= 11 is 0. The summed E-state index contributed by atoms with van der Waals surface area (Å²) < 4.78 is 5.29. The quantitative estimate of drug-likeness (QED) is 0.111. The molecule has 0 bridgehead atoms. The van der Waals surface area contributed by atoms with Gasteiger partial charge in [-0.25, -0.2) is 0 Å². The van der Waals surface area contributed by atoms with Gasteiger partial charge >= 0.3 is 0 Å². The summed E-state index contributed by atoms with van der Waals surface area (Å²) in [4.78, 5) is 10.7. The Kier molecular flexibility index (Phi) is 21.1. The van der Waals surface area contributed by atoms with E-state index in [4.69, 9.17) is 4.74 Å². The SMILES string of the molecule is C=CCCCCCCCCCC(CCCCCCCCCC=C)OC=O. The Bertz CT molecular complexity index is 285. The summed E-state index contributed by atoms with van der Waals surface area (Å²) in [6.07, 6.45) is 26.7. The van der Waals surface area contributed by atoms with Crippen molar-refractivity contribution in [3.8, 4) is 0 Å². The molecule has 0 saturated carbocycles. The zero-order chi connectivity index (χ0) is 19.1. The first-order valence-electron chi connectivity index (χ1n) is 11.2. The second kappa shape index (κ2) is 22.0. The second-order valence-electron chi connectivity index (χ2n) is 7.54. The molecule has 0 aromatic carbocycles. The smallest absolute Gasteiger partial charge is 0.293 e. The van der Waals surface area contributed by atoms with Crippen LogP contribution in [-0.4, -0.2) is 12.6 Å². The third kappa shape index (κ3) is 19.3. The molecule has 0 rings (SSSR count). The maximum atomic E-state index is 10.7. The van der Waals surface area contributed by atoms with E-state index in [-0.39, 0.29) is 6.10 Å². The number of carbonyl (C=O) groups is 1. The highest BCUT2D eigenvalue weighted by Gasteiger charge is 2.08. The zero-order valence-electron chi connectivity index (χ0n) is 17.3. The van der Waals surface area contributed by atoms with Crippen LogP contribution in [0.1, 0.15) is 116 Å². The van der Waals surface area contributed by atoms with Gasteiger partial charge in [0, 0.05) is 0 Å². The Hall–Kier alpha value is -1.05. The van der Waals surface area contributed by atoms with E-state index in [1.165, 1.54) is 89.9 Å². The van der Waals surface area contributed by atoms with Crippen molar-refractivity contribution in [2.45, 2.75) is 122 Å². The number of carbonyl (C=O) groups excluding carboxylic acids is 1. The van der Waals surface area contributed by atoms with Crippen molar-refractivity contribution in [1.29, 1.82) is 0 Å². The van der Waals surface area contributed by atoms with Crippen LogP contribution in [0.3, 0.4) is 0 Å². The number of hydrogen-bond donors (Lipinski definition) is 0. The van der Waals surface area contributed by atoms with Gasteiger partial charge in [0.2, 0.25) is 0 Å². The van der Waals surface area contributed by atoms with Crippen molar-refractivity contribution < 1.29 is 9.53 Å². The van der Waals surface area contributed by atoms with Gasteiger partial charge in [0.15, 0.2) is 0 Å². The molecule has 0 saturated heterocycles. The van der Waals surface area contributed by atoms with Crippen LogP contribution in [0.15, 0.2) is 25.3 Å². The highest BCUT2D eigenvalue weighted by Crippen LogP contribution is 2.17. The van der Waals surface area contributed by atoms with E-state index in [9.17, 15) is 4.79 Å². The second-order valence-corrected chi connectivity index (χ2v) is 7.54. The third-order valence-electron chi connectivity index (χ3n) is 5.12. The topological polar surface area (TPSA) is 26.3 Å². The molecule has 2 nitrogen and oxygen atoms in total. The minimum atomic E-state index is 0.146. The van der Waals surface area contributed by atoms with Crippen molar-refractivity contribution in [3.05, 3.63) is 25.3 Å². The van der Waals surface area contributed by atoms with Gasteiger partial charge in [-0.2, -0.15) is 0 Å². The first-order chi connectivity index (χ1) is 12.8. The Morgan fingerprint density at radius 2 is 0.923 bits per heavy atom. The Morgan fingerprint density at radius 1 is 0.577 bits per heavy atom. The summed E-state index contributed by atoms with van der Waals surface area (Å²) in [6, 6.07) is 0. The molecule has 0 amide bonds. The average Bonchev–Trinajstić information content (AvgIpc) is 2.65. The summed E-state index contributed by atoms with van der Waals surface area (Å²) in [6.45, 7) is 8.16. The predicted molar refractivity (Wildman–Crippen MR) is 114 cm³/mol. The molecule has 0 radical (unpaired) electrons. The number of unbranched alkanes of at least 4 members (excludes halogenated alkanes) is 14. The van der Waals surface area contributed by atoms with Crippen LogP contribution < -0.4 is 0 Å². The molecule has 26 heavy (non-hydrogen) atoms. The van der Waals surface area contributed by atoms with E-state index in [1.807, 2.05) is 12.2 Å². The molecule has 0 aliphatic heterocycles. The van der Waals surface area contributed by atoms with Gasteiger partial charge in [-0.1, -0.05) is 76.4 Å². The predicted octanol–water partition coefficient (Wildman–Crippen LogP) is 7.92. The molecule has 0 aromatic heterocycles. The van der Waals surface area contributed by atoms with Crippen LogP contribution >= 0.6 is 0 Å². The molecule has 152 valence electrons. The average molecular weight is 365 g/mol. The fraction of sp³-hybridized carbons (Fsp3) is 0.792. The fourth-order valence-corrected chi connectivity index (χ4v) is 3.45. The van der Waals surface area contributed by atoms with Crippen LogP contribution in [0.2, 0.25) is 0 Å². The maximum Gasteiger partial charge on any atom is 0.293 e. The summed E-state index contributed by atoms with van der Waals surface area (Å²) in [5.74, 6) is 0. The molecule has 0 aromatic rings. The molecule has 0 spiro atoms. The van der Waals surface area contributed by atoms with Gasteiger partial charge in [-0.3, -0.25) is 4.79 Å². The minimum absolute atomic E-state index is 0.146. The lowest BCUT2D eigenvalue weighted by Gasteiger charge is -2.15. The molecule has 0 aliphatic rings. The minimum Gasteiger partial charge on any atom is -0.465 e. The molecule has 0 unspecified atom stereocenters. The fourth-order valence-electron chi connectivity index (χ4n) is 3.45. The van der Waals surface area contributed by atoms with Crippen LogP contribution in [-0.2, 0) is 9.53 Å². The van der Waals surface area contributed by atoms with Gasteiger partial charge in [0.1, 0.15) is 6.10 Å². The normalized spacial score (nSPS) is 10.8. The number of allylic oxidation sites excluding steroid dienone is 2. The van der Waals surface area contributed by atoms with Gasteiger partial charge in [0.25, 0.3) is 6.47 Å². The highest BCUT2D eigenvalue weighted by molar-refractivity contribution is 5.37. The largest absolute Gasteiger partial charge is 0.465 e. The van der Waals surface area contributed by atoms with Gasteiger partial charge in [-0.05, 0) is 51.4 Å². The van der Waals surface area contributed by atoms with Gasteiger partial charge in [0.05, 0.1) is 0 Å². The van der Waals surface area contributed by atoms with E-state index in [1.54, 1.807) is 0 Å². The van der Waals surface area contributed by atoms with Crippen molar-refractivity contribution in [2.75, 3.05) is 0 Å². The summed E-state index contributed by atoms with van der Waals surface area (Å²) in [5.41, 5.74) is 0. The van der Waals surface area contributed by atoms with Crippen LogP contribution in [0.5, 0.6) is 0 Å². The number of rotatable bonds is 22. The first-order valence-corrected chi connectivity index (χ1v) is 11.2. The Labute approximate surface area is 163 Å². The molecule has 0 N–H and O–H groups in total. The summed E-state index contributed by atoms with van der Waals surface area (Å²) in [5, 5.41) is 0. The van der Waals surface area contributed by atoms with E-state index < -0.39 is 0 Å². The molecule has 0 atom stereocenters. The lowest BCUT2D eigenvalue weighted by atomic mass is 10.0. The van der Waals surface area contributed by atoms with Gasteiger partial charge < -0.3 is 4.74 Å². The third-order valence-corrected chi connectivity index (χ3v) is 5.12. The lowest BCUT2D eigenvalue weighted by molar-refractivity contribution is -0.134. The lowest BCUT2D eigenvalue weighted by Crippen LogP contribution is -2.12. The van der Waals surface area contributed by atoms with E-state index in [0.29, 0.717) is 6.47 Å². The molecule has 0 heterocycles. The number of hydrogen-bond acceptors (Lipinski definition) is 2. The van der Waals surface area contributed by atoms with Crippen molar-refractivity contribution in [3.63, 3.8) is 0 Å². The Balaban J connectivity index is 3.45. The zero-order valence-corrected chi connectivity index (χ0v) is 17.3. The highest BCUT2D eigenvalue weighted by atomic mass is 16.5. The van der Waals surface area contributed by atoms with E-state index in [0.717, 1.165) is 25.7 Å². The van der Waals surface area contributed by atoms with Crippen LogP contribution in [0.25, 0.3) is 0 Å². The Morgan fingerprint density at radius 3 is 1.27 bits per heavy atom. The van der Waals surface area contributed by atoms with Crippen molar-refractivity contribution in [1.82, 2.24) is 0 Å². The molecule has 0 aliphatic carbocycles. The maximum absolute atomic E-state index is 10.7. The molecular formula is C24H44O2. The standard InChI is InChI=1S/C24H44O2/c1-3-5-7-9-11-13-15-17-19-21-24(26-23-25)22-20-18-16-14-12-10-8-6-4-2/h3-4,23-24H,1-2,5-22H2. The first kappa shape index (κ1) is 24.9. The molecule has 0 fully saturated rings. The van der Waals surface area contributed by atoms with Gasteiger partial charge in [-0.15, -0.1) is 13.2 Å².